The Bertz CT molecular complexity index is 799. The Morgan fingerprint density at radius 2 is 2.17 bits per heavy atom. The van der Waals surface area contributed by atoms with Crippen molar-refractivity contribution in [1.29, 1.82) is 0 Å². The zero-order valence-corrected chi connectivity index (χ0v) is 14.4. The maximum absolute atomic E-state index is 12.3. The fourth-order valence-electron chi connectivity index (χ4n) is 1.97. The van der Waals surface area contributed by atoms with Gasteiger partial charge in [-0.3, -0.25) is 4.79 Å². The van der Waals surface area contributed by atoms with Crippen molar-refractivity contribution in [3.05, 3.63) is 47.3 Å². The quantitative estimate of drug-likeness (QED) is 0.657. The van der Waals surface area contributed by atoms with Crippen LogP contribution in [0.25, 0.3) is 10.8 Å². The number of carbonyl (C=O) groups is 1. The largest absolute Gasteiger partial charge is 0.410 e. The first-order valence-corrected chi connectivity index (χ1v) is 8.83. The lowest BCUT2D eigenvalue weighted by Gasteiger charge is -2.17. The number of benzene rings is 1. The lowest BCUT2D eigenvalue weighted by atomic mass is 10.2. The molecular weight excluding hydrogens is 330 g/mol. The van der Waals surface area contributed by atoms with Crippen molar-refractivity contribution in [3.63, 3.8) is 0 Å². The predicted octanol–water partition coefficient (Wildman–Crippen LogP) is 3.86. The van der Waals surface area contributed by atoms with Gasteiger partial charge in [-0.15, -0.1) is 21.5 Å². The van der Waals surface area contributed by atoms with Crippen LogP contribution in [0.2, 0.25) is 0 Å². The number of anilines is 1. The standard InChI is InChI=1S/C16H15N3O2S2/c1-11-5-3-6-12(9-11)19(2)14(20)10-23-16-18-17-15(21-16)13-7-4-8-22-13/h3-9H,10H2,1-2H3. The van der Waals surface area contributed by atoms with Crippen molar-refractivity contribution in [2.75, 3.05) is 17.7 Å². The van der Waals surface area contributed by atoms with Crippen molar-refractivity contribution < 1.29 is 9.21 Å². The molecule has 1 amide bonds. The second-order valence-corrected chi connectivity index (χ2v) is 6.81. The van der Waals surface area contributed by atoms with E-state index in [4.69, 9.17) is 4.42 Å². The summed E-state index contributed by atoms with van der Waals surface area (Å²) >= 11 is 2.78. The van der Waals surface area contributed by atoms with Crippen molar-refractivity contribution in [2.45, 2.75) is 12.1 Å². The molecule has 0 aliphatic heterocycles. The van der Waals surface area contributed by atoms with E-state index in [-0.39, 0.29) is 11.7 Å². The number of aryl methyl sites for hydroxylation is 1. The van der Waals surface area contributed by atoms with Crippen LogP contribution in [0.15, 0.2) is 51.4 Å². The first-order valence-electron chi connectivity index (χ1n) is 6.97. The molecule has 0 bridgehead atoms. The van der Waals surface area contributed by atoms with E-state index in [9.17, 15) is 4.79 Å². The number of thioether (sulfide) groups is 1. The van der Waals surface area contributed by atoms with Crippen molar-refractivity contribution >= 4 is 34.7 Å². The summed E-state index contributed by atoms with van der Waals surface area (Å²) in [6.07, 6.45) is 0. The van der Waals surface area contributed by atoms with Gasteiger partial charge in [0.05, 0.1) is 10.6 Å². The third kappa shape index (κ3) is 3.80. The van der Waals surface area contributed by atoms with Crippen molar-refractivity contribution in [2.24, 2.45) is 0 Å². The molecule has 0 aliphatic carbocycles. The second kappa shape index (κ2) is 6.97. The molecule has 2 aromatic heterocycles. The average molecular weight is 345 g/mol. The first kappa shape index (κ1) is 15.8. The van der Waals surface area contributed by atoms with Crippen LogP contribution in [0, 0.1) is 6.92 Å². The molecule has 0 atom stereocenters. The van der Waals surface area contributed by atoms with E-state index < -0.39 is 0 Å². The molecule has 0 saturated heterocycles. The van der Waals surface area contributed by atoms with Crippen LogP contribution < -0.4 is 4.90 Å². The molecule has 0 fully saturated rings. The summed E-state index contributed by atoms with van der Waals surface area (Å²) in [5, 5.41) is 10.3. The molecule has 0 unspecified atom stereocenters. The van der Waals surface area contributed by atoms with Gasteiger partial charge in [-0.25, -0.2) is 0 Å². The number of hydrogen-bond donors (Lipinski definition) is 0. The molecule has 23 heavy (non-hydrogen) atoms. The maximum Gasteiger partial charge on any atom is 0.277 e. The van der Waals surface area contributed by atoms with Crippen LogP contribution in [0.4, 0.5) is 5.69 Å². The van der Waals surface area contributed by atoms with Crippen LogP contribution in [0.5, 0.6) is 0 Å². The van der Waals surface area contributed by atoms with Crippen molar-refractivity contribution in [3.8, 4) is 10.8 Å². The van der Waals surface area contributed by atoms with E-state index in [1.54, 1.807) is 11.9 Å². The Hall–Kier alpha value is -2.12. The molecule has 7 heteroatoms. The van der Waals surface area contributed by atoms with Gasteiger partial charge in [0, 0.05) is 12.7 Å². The van der Waals surface area contributed by atoms with Gasteiger partial charge in [0.1, 0.15) is 0 Å². The Morgan fingerprint density at radius 1 is 1.30 bits per heavy atom. The van der Waals surface area contributed by atoms with Crippen LogP contribution >= 0.6 is 23.1 Å². The number of amides is 1. The minimum absolute atomic E-state index is 0.0172. The summed E-state index contributed by atoms with van der Waals surface area (Å²) in [5.41, 5.74) is 1.99. The normalized spacial score (nSPS) is 10.7. The molecule has 3 aromatic rings. The predicted molar refractivity (Wildman–Crippen MR) is 92.9 cm³/mol. The number of aromatic nitrogens is 2. The molecule has 3 rings (SSSR count). The monoisotopic (exact) mass is 345 g/mol. The molecule has 0 N–H and O–H groups in total. The highest BCUT2D eigenvalue weighted by atomic mass is 32.2. The summed E-state index contributed by atoms with van der Waals surface area (Å²) in [7, 11) is 1.77. The molecule has 1 aromatic carbocycles. The van der Waals surface area contributed by atoms with Gasteiger partial charge >= 0.3 is 0 Å². The number of rotatable bonds is 5. The van der Waals surface area contributed by atoms with Gasteiger partial charge in [0.15, 0.2) is 0 Å². The van der Waals surface area contributed by atoms with E-state index in [1.807, 2.05) is 48.7 Å². The highest BCUT2D eigenvalue weighted by Crippen LogP contribution is 2.26. The zero-order chi connectivity index (χ0) is 16.2. The highest BCUT2D eigenvalue weighted by molar-refractivity contribution is 7.99. The number of carbonyl (C=O) groups excluding carboxylic acids is 1. The van der Waals surface area contributed by atoms with Crippen LogP contribution in [0.1, 0.15) is 5.56 Å². The van der Waals surface area contributed by atoms with Gasteiger partial charge in [0.25, 0.3) is 11.1 Å². The highest BCUT2D eigenvalue weighted by Gasteiger charge is 2.15. The Balaban J connectivity index is 1.61. The molecule has 5 nitrogen and oxygen atoms in total. The first-order chi connectivity index (χ1) is 11.1. The van der Waals surface area contributed by atoms with E-state index in [1.165, 1.54) is 23.1 Å². The average Bonchev–Trinajstić information content (AvgIpc) is 3.22. The van der Waals surface area contributed by atoms with E-state index in [2.05, 4.69) is 10.2 Å². The molecule has 0 aliphatic rings. The van der Waals surface area contributed by atoms with Crippen LogP contribution in [0.3, 0.4) is 0 Å². The van der Waals surface area contributed by atoms with Gasteiger partial charge in [-0.05, 0) is 36.1 Å². The molecule has 118 valence electrons. The summed E-state index contributed by atoms with van der Waals surface area (Å²) in [5.74, 6) is 0.717. The number of hydrogen-bond acceptors (Lipinski definition) is 6. The summed E-state index contributed by atoms with van der Waals surface area (Å²) in [6, 6.07) is 11.7. The molecule has 2 heterocycles. The Kier molecular flexibility index (Phi) is 4.78. The molecule has 0 spiro atoms. The second-order valence-electron chi connectivity index (χ2n) is 4.93. The van der Waals surface area contributed by atoms with Gasteiger partial charge in [-0.1, -0.05) is 30.0 Å². The van der Waals surface area contributed by atoms with Crippen molar-refractivity contribution in [1.82, 2.24) is 10.2 Å². The lowest BCUT2D eigenvalue weighted by Crippen LogP contribution is -2.27. The molecule has 0 saturated carbocycles. The molecule has 0 radical (unpaired) electrons. The van der Waals surface area contributed by atoms with Crippen LogP contribution in [-0.4, -0.2) is 28.9 Å². The third-order valence-electron chi connectivity index (χ3n) is 3.22. The maximum atomic E-state index is 12.3. The van der Waals surface area contributed by atoms with E-state index in [0.717, 1.165) is 16.1 Å². The fourth-order valence-corrected chi connectivity index (χ4v) is 3.29. The minimum atomic E-state index is -0.0172. The smallest absolute Gasteiger partial charge is 0.277 e. The minimum Gasteiger partial charge on any atom is -0.410 e. The number of thiophene rings is 1. The van der Waals surface area contributed by atoms with Gasteiger partial charge < -0.3 is 9.32 Å². The van der Waals surface area contributed by atoms with Gasteiger partial charge in [0.2, 0.25) is 5.91 Å². The summed E-state index contributed by atoms with van der Waals surface area (Å²) in [6.45, 7) is 2.00. The van der Waals surface area contributed by atoms with E-state index in [0.29, 0.717) is 11.1 Å². The SMILES string of the molecule is Cc1cccc(N(C)C(=O)CSc2nnc(-c3cccs3)o2)c1. The Morgan fingerprint density at radius 3 is 2.91 bits per heavy atom. The number of nitrogens with zero attached hydrogens (tertiary/aromatic N) is 3. The van der Waals surface area contributed by atoms with Gasteiger partial charge in [-0.2, -0.15) is 0 Å². The summed E-state index contributed by atoms with van der Waals surface area (Å²) < 4.78 is 5.56. The zero-order valence-electron chi connectivity index (χ0n) is 12.7. The third-order valence-corrected chi connectivity index (χ3v) is 4.88. The van der Waals surface area contributed by atoms with E-state index >= 15 is 0 Å². The summed E-state index contributed by atoms with van der Waals surface area (Å²) in [4.78, 5) is 14.8. The Labute approximate surface area is 142 Å². The topological polar surface area (TPSA) is 59.2 Å². The lowest BCUT2D eigenvalue weighted by molar-refractivity contribution is -0.115. The van der Waals surface area contributed by atoms with Crippen LogP contribution in [-0.2, 0) is 4.79 Å². The fraction of sp³-hybridized carbons (Fsp3) is 0.188. The molecular formula is C16H15N3O2S2.